The van der Waals surface area contributed by atoms with Gasteiger partial charge in [-0.15, -0.1) is 0 Å². The molecule has 2 aromatic heterocycles. The summed E-state index contributed by atoms with van der Waals surface area (Å²) in [5, 5.41) is 15.1. The number of carbonyl (C=O) groups is 2. The summed E-state index contributed by atoms with van der Waals surface area (Å²) in [6.45, 7) is 8.42. The molecule has 1 saturated carbocycles. The number of hydrogen-bond donors (Lipinski definition) is 3. The van der Waals surface area contributed by atoms with E-state index in [1.807, 2.05) is 17.8 Å². The van der Waals surface area contributed by atoms with Crippen molar-refractivity contribution in [1.82, 2.24) is 25.4 Å². The van der Waals surface area contributed by atoms with Crippen LogP contribution in [0.4, 0.5) is 10.1 Å². The van der Waals surface area contributed by atoms with Gasteiger partial charge in [0, 0.05) is 50.1 Å². The number of halogens is 1. The largest absolute Gasteiger partial charge is 0.381 e. The summed E-state index contributed by atoms with van der Waals surface area (Å²) in [5.74, 6) is -0.857. The van der Waals surface area contributed by atoms with E-state index in [-0.39, 0.29) is 36.8 Å². The van der Waals surface area contributed by atoms with Crippen LogP contribution in [0.1, 0.15) is 61.9 Å². The van der Waals surface area contributed by atoms with Gasteiger partial charge in [0.25, 0.3) is 0 Å². The van der Waals surface area contributed by atoms with Crippen LogP contribution in [-0.4, -0.2) is 45.8 Å². The van der Waals surface area contributed by atoms with Crippen molar-refractivity contribution in [3.63, 3.8) is 0 Å². The van der Waals surface area contributed by atoms with Crippen molar-refractivity contribution in [3.8, 4) is 0 Å². The maximum atomic E-state index is 13.6. The molecule has 0 atom stereocenters. The number of aromatic nitrogens is 3. The fourth-order valence-corrected chi connectivity index (χ4v) is 5.29. The Kier molecular flexibility index (Phi) is 7.83. The normalized spacial score (nSPS) is 16.7. The van der Waals surface area contributed by atoms with Crippen molar-refractivity contribution in [2.75, 3.05) is 18.5 Å². The molecule has 0 unspecified atom stereocenters. The van der Waals surface area contributed by atoms with E-state index in [4.69, 9.17) is 9.72 Å². The van der Waals surface area contributed by atoms with Crippen LogP contribution < -0.4 is 16.0 Å². The molecule has 1 saturated heterocycles. The number of rotatable bonds is 10. The first kappa shape index (κ1) is 27.1. The van der Waals surface area contributed by atoms with Gasteiger partial charge in [-0.2, -0.15) is 5.10 Å². The maximum absolute atomic E-state index is 13.6. The summed E-state index contributed by atoms with van der Waals surface area (Å²) in [4.78, 5) is 31.4. The number of nitrogens with one attached hydrogen (secondary N) is 3. The third-order valence-corrected chi connectivity index (χ3v) is 7.90. The molecule has 1 aliphatic heterocycles. The molecule has 208 valence electrons. The van der Waals surface area contributed by atoms with Crippen molar-refractivity contribution < 1.29 is 18.7 Å². The smallest absolute Gasteiger partial charge is 0.235 e. The second-order valence-corrected chi connectivity index (χ2v) is 10.5. The Balaban J connectivity index is 1.34. The van der Waals surface area contributed by atoms with Gasteiger partial charge in [-0.1, -0.05) is 19.1 Å². The van der Waals surface area contributed by atoms with E-state index in [9.17, 15) is 14.0 Å². The minimum absolute atomic E-state index is 0.246. The topological polar surface area (TPSA) is 110 Å². The third-order valence-electron chi connectivity index (χ3n) is 7.90. The van der Waals surface area contributed by atoms with Gasteiger partial charge in [0.1, 0.15) is 11.2 Å². The number of carbonyl (C=O) groups excluding carboxylic acids is 2. The third kappa shape index (κ3) is 5.48. The summed E-state index contributed by atoms with van der Waals surface area (Å²) in [7, 11) is 0. The number of pyridine rings is 1. The number of nitrogens with zero attached hydrogens (tertiary/aromatic N) is 3. The summed E-state index contributed by atoms with van der Waals surface area (Å²) in [6, 6.07) is 5.00. The number of benzene rings is 1. The van der Waals surface area contributed by atoms with E-state index in [1.165, 1.54) is 6.07 Å². The lowest BCUT2D eigenvalue weighted by atomic mass is 10.0. The minimum Gasteiger partial charge on any atom is -0.381 e. The molecule has 5 rings (SSSR count). The van der Waals surface area contributed by atoms with Gasteiger partial charge in [-0.25, -0.2) is 14.1 Å². The highest BCUT2D eigenvalue weighted by atomic mass is 19.1. The van der Waals surface area contributed by atoms with Crippen LogP contribution >= 0.6 is 0 Å². The summed E-state index contributed by atoms with van der Waals surface area (Å²) in [6.07, 6.45) is 5.33. The first-order valence-electron chi connectivity index (χ1n) is 13.9. The first-order chi connectivity index (χ1) is 18.9. The van der Waals surface area contributed by atoms with Crippen LogP contribution in [-0.2, 0) is 40.4 Å². The summed E-state index contributed by atoms with van der Waals surface area (Å²) >= 11 is 0. The van der Waals surface area contributed by atoms with E-state index in [1.54, 1.807) is 19.1 Å². The number of anilines is 1. The minimum atomic E-state index is -1.07. The Morgan fingerprint density at radius 1 is 1.13 bits per heavy atom. The highest BCUT2D eigenvalue weighted by Crippen LogP contribution is 2.46. The number of amides is 2. The molecule has 0 spiro atoms. The number of fused-ring (bicyclic) bond motifs is 1. The van der Waals surface area contributed by atoms with Crippen molar-refractivity contribution in [2.45, 2.75) is 78.6 Å². The Morgan fingerprint density at radius 2 is 1.85 bits per heavy atom. The average Bonchev–Trinajstić information content (AvgIpc) is 3.67. The molecule has 9 nitrogen and oxygen atoms in total. The highest BCUT2D eigenvalue weighted by molar-refractivity contribution is 6.08. The van der Waals surface area contributed by atoms with E-state index >= 15 is 0 Å². The zero-order chi connectivity index (χ0) is 27.6. The zero-order valence-electron chi connectivity index (χ0n) is 22.9. The molecule has 0 bridgehead atoms. The molecule has 1 aliphatic carbocycles. The molecule has 2 fully saturated rings. The van der Waals surface area contributed by atoms with E-state index in [0.29, 0.717) is 44.6 Å². The Bertz CT molecular complexity index is 1380. The van der Waals surface area contributed by atoms with Gasteiger partial charge < -0.3 is 20.7 Å². The maximum Gasteiger partial charge on any atom is 0.235 e. The summed E-state index contributed by atoms with van der Waals surface area (Å²) < 4.78 is 21.0. The lowest BCUT2D eigenvalue weighted by Crippen LogP contribution is -2.42. The summed E-state index contributed by atoms with van der Waals surface area (Å²) in [5.41, 5.74) is 3.85. The van der Waals surface area contributed by atoms with Gasteiger partial charge in [0.05, 0.1) is 17.3 Å². The Hall–Kier alpha value is -3.53. The van der Waals surface area contributed by atoms with Crippen LogP contribution in [0.15, 0.2) is 24.4 Å². The molecule has 3 N–H and O–H groups in total. The molecule has 2 aliphatic rings. The van der Waals surface area contributed by atoms with Crippen molar-refractivity contribution in [3.05, 3.63) is 52.6 Å². The second-order valence-electron chi connectivity index (χ2n) is 10.5. The highest BCUT2D eigenvalue weighted by Gasteiger charge is 2.56. The lowest BCUT2D eigenvalue weighted by molar-refractivity contribution is -0.137. The standard InChI is InChI=1S/C29H37FN6O3/c1-4-24-21(25(34-20-8-12-39-13-9-20)22-17-33-36(5-2)26(22)35-24)16-32-28(38)29(10-11-29)27(37)31-15-19-6-7-23(30)18(3)14-19/h6-7,14,17,20H,4-5,8-13,15-16H2,1-3H3,(H,31,37)(H,32,38)(H,34,35). The number of ether oxygens (including phenoxy) is 1. The first-order valence-corrected chi connectivity index (χ1v) is 13.9. The number of hydrogen-bond acceptors (Lipinski definition) is 6. The molecule has 3 heterocycles. The van der Waals surface area contributed by atoms with Gasteiger partial charge >= 0.3 is 0 Å². The molecule has 1 aromatic carbocycles. The predicted molar refractivity (Wildman–Crippen MR) is 147 cm³/mol. The van der Waals surface area contributed by atoms with Gasteiger partial charge in [-0.05, 0) is 63.1 Å². The van der Waals surface area contributed by atoms with E-state index < -0.39 is 5.41 Å². The van der Waals surface area contributed by atoms with Crippen molar-refractivity contribution in [2.24, 2.45) is 5.41 Å². The zero-order valence-corrected chi connectivity index (χ0v) is 22.9. The van der Waals surface area contributed by atoms with Crippen LogP contribution in [0.5, 0.6) is 0 Å². The van der Waals surface area contributed by atoms with Crippen LogP contribution in [0.2, 0.25) is 0 Å². The fraction of sp³-hybridized carbons (Fsp3) is 0.517. The molecule has 39 heavy (non-hydrogen) atoms. The van der Waals surface area contributed by atoms with Crippen molar-refractivity contribution >= 4 is 28.5 Å². The van der Waals surface area contributed by atoms with Gasteiger partial charge in [0.15, 0.2) is 5.65 Å². The van der Waals surface area contributed by atoms with Gasteiger partial charge in [-0.3, -0.25) is 9.59 Å². The Labute approximate surface area is 227 Å². The molecular weight excluding hydrogens is 499 g/mol. The second kappa shape index (κ2) is 11.3. The fourth-order valence-electron chi connectivity index (χ4n) is 5.29. The van der Waals surface area contributed by atoms with Gasteiger partial charge in [0.2, 0.25) is 11.8 Å². The van der Waals surface area contributed by atoms with Crippen LogP contribution in [0, 0.1) is 18.2 Å². The quantitative estimate of drug-likeness (QED) is 0.341. The van der Waals surface area contributed by atoms with Crippen molar-refractivity contribution in [1.29, 1.82) is 0 Å². The molecule has 2 amide bonds. The SMILES string of the molecule is CCc1nc2c(cnn2CC)c(NC2CCOCC2)c1CNC(=O)C1(C(=O)NCc2ccc(F)c(C)c2)CC1. The molecule has 10 heteroatoms. The van der Waals surface area contributed by atoms with E-state index in [2.05, 4.69) is 28.0 Å². The lowest BCUT2D eigenvalue weighted by Gasteiger charge is -2.27. The average molecular weight is 537 g/mol. The van der Waals surface area contributed by atoms with Crippen LogP contribution in [0.25, 0.3) is 11.0 Å². The predicted octanol–water partition coefficient (Wildman–Crippen LogP) is 3.76. The molecular formula is C29H37FN6O3. The number of aryl methyl sites for hydroxylation is 3. The van der Waals surface area contributed by atoms with Crippen LogP contribution in [0.3, 0.4) is 0 Å². The van der Waals surface area contributed by atoms with E-state index in [0.717, 1.165) is 46.4 Å². The molecule has 0 radical (unpaired) electrons. The molecule has 3 aromatic rings. The monoisotopic (exact) mass is 536 g/mol. The Morgan fingerprint density at radius 3 is 2.49 bits per heavy atom.